The van der Waals surface area contributed by atoms with Gasteiger partial charge in [-0.15, -0.1) is 0 Å². The molecule has 1 unspecified atom stereocenters. The van der Waals surface area contributed by atoms with Crippen LogP contribution in [0.4, 0.5) is 0 Å². The highest BCUT2D eigenvalue weighted by Gasteiger charge is 2.27. The van der Waals surface area contributed by atoms with Crippen LogP contribution in [0.1, 0.15) is 19.3 Å². The van der Waals surface area contributed by atoms with Gasteiger partial charge < -0.3 is 0 Å². The normalized spacial score (nSPS) is 33.7. The molecule has 0 aromatic carbocycles. The van der Waals surface area contributed by atoms with Gasteiger partial charge in [-0.3, -0.25) is 4.90 Å². The summed E-state index contributed by atoms with van der Waals surface area (Å²) in [6.07, 6.45) is 5.55. The molecule has 0 amide bonds. The fourth-order valence-corrected chi connectivity index (χ4v) is 3.37. The predicted molar refractivity (Wildman–Crippen MR) is 52.1 cm³/mol. The summed E-state index contributed by atoms with van der Waals surface area (Å²) < 4.78 is 22.3. The zero-order valence-corrected chi connectivity index (χ0v) is 8.46. The first-order chi connectivity index (χ1) is 6.17. The third-order valence-electron chi connectivity index (χ3n) is 2.77. The zero-order chi connectivity index (χ0) is 9.31. The molecule has 2 heterocycles. The number of hydrogen-bond donors (Lipinski definition) is 0. The van der Waals surface area contributed by atoms with Crippen molar-refractivity contribution in [3.05, 3.63) is 11.5 Å². The summed E-state index contributed by atoms with van der Waals surface area (Å²) in [5.41, 5.74) is 0. The van der Waals surface area contributed by atoms with Crippen LogP contribution in [-0.2, 0) is 9.84 Å². The van der Waals surface area contributed by atoms with E-state index < -0.39 is 9.84 Å². The van der Waals surface area contributed by atoms with Crippen molar-refractivity contribution >= 4 is 9.84 Å². The van der Waals surface area contributed by atoms with Gasteiger partial charge in [-0.25, -0.2) is 8.42 Å². The fraction of sp³-hybridized carbons (Fsp3) is 0.778. The second-order valence-corrected chi connectivity index (χ2v) is 5.75. The molecule has 4 heteroatoms. The highest BCUT2D eigenvalue weighted by atomic mass is 32.2. The Labute approximate surface area is 79.3 Å². The molecule has 2 aliphatic rings. The lowest BCUT2D eigenvalue weighted by Gasteiger charge is -2.30. The van der Waals surface area contributed by atoms with Crippen LogP contribution in [0.3, 0.4) is 0 Å². The highest BCUT2D eigenvalue weighted by molar-refractivity contribution is 7.94. The van der Waals surface area contributed by atoms with Gasteiger partial charge in [0.25, 0.3) is 0 Å². The van der Waals surface area contributed by atoms with Crippen LogP contribution in [-0.4, -0.2) is 38.2 Å². The van der Waals surface area contributed by atoms with Gasteiger partial charge >= 0.3 is 0 Å². The minimum atomic E-state index is -2.87. The van der Waals surface area contributed by atoms with Gasteiger partial charge in [0.05, 0.1) is 5.75 Å². The van der Waals surface area contributed by atoms with Crippen molar-refractivity contribution in [2.75, 3.05) is 18.8 Å². The molecule has 0 saturated carbocycles. The molecule has 0 bridgehead atoms. The van der Waals surface area contributed by atoms with Crippen molar-refractivity contribution in [3.8, 4) is 0 Å². The van der Waals surface area contributed by atoms with Crippen molar-refractivity contribution in [1.29, 1.82) is 0 Å². The molecule has 1 fully saturated rings. The summed E-state index contributed by atoms with van der Waals surface area (Å²) in [5, 5.41) is 1.37. The summed E-state index contributed by atoms with van der Waals surface area (Å²) in [6, 6.07) is 0.158. The Morgan fingerprint density at radius 1 is 1.15 bits per heavy atom. The van der Waals surface area contributed by atoms with E-state index in [1.807, 2.05) is 6.08 Å². The average molecular weight is 201 g/mol. The first kappa shape index (κ1) is 9.21. The molecule has 74 valence electrons. The lowest BCUT2D eigenvalue weighted by molar-refractivity contribution is 0.204. The molecule has 0 spiro atoms. The summed E-state index contributed by atoms with van der Waals surface area (Å²) in [7, 11) is -2.87. The monoisotopic (exact) mass is 201 g/mol. The molecule has 2 rings (SSSR count). The summed E-state index contributed by atoms with van der Waals surface area (Å²) in [4.78, 5) is 2.28. The van der Waals surface area contributed by atoms with Gasteiger partial charge in [-0.2, -0.15) is 0 Å². The third kappa shape index (κ3) is 2.11. The van der Waals surface area contributed by atoms with Crippen LogP contribution in [0.2, 0.25) is 0 Å². The molecular weight excluding hydrogens is 186 g/mol. The van der Waals surface area contributed by atoms with Crippen molar-refractivity contribution in [2.24, 2.45) is 0 Å². The minimum Gasteiger partial charge on any atom is -0.296 e. The lowest BCUT2D eigenvalue weighted by Crippen LogP contribution is -2.39. The molecule has 1 saturated heterocycles. The molecule has 3 nitrogen and oxygen atoms in total. The van der Waals surface area contributed by atoms with Gasteiger partial charge in [0.15, 0.2) is 9.84 Å². The Bertz CT molecular complexity index is 302. The van der Waals surface area contributed by atoms with Crippen LogP contribution in [0.25, 0.3) is 0 Å². The SMILES string of the molecule is O=S1(=O)C=CC(N2CCCCC2)C1. The van der Waals surface area contributed by atoms with Crippen molar-refractivity contribution in [3.63, 3.8) is 0 Å². The molecule has 0 aromatic rings. The van der Waals surface area contributed by atoms with Crippen molar-refractivity contribution in [2.45, 2.75) is 25.3 Å². The maximum Gasteiger partial charge on any atom is 0.173 e. The van der Waals surface area contributed by atoms with E-state index in [0.29, 0.717) is 5.75 Å². The second kappa shape index (κ2) is 3.42. The number of likely N-dealkylation sites (tertiary alicyclic amines) is 1. The first-order valence-electron chi connectivity index (χ1n) is 4.82. The number of rotatable bonds is 1. The molecule has 2 aliphatic heterocycles. The van der Waals surface area contributed by atoms with Gasteiger partial charge in [0.1, 0.15) is 0 Å². The van der Waals surface area contributed by atoms with E-state index in [-0.39, 0.29) is 6.04 Å². The van der Waals surface area contributed by atoms with Crippen LogP contribution in [0.5, 0.6) is 0 Å². The van der Waals surface area contributed by atoms with Crippen molar-refractivity contribution < 1.29 is 8.42 Å². The molecule has 0 radical (unpaired) electrons. The first-order valence-corrected chi connectivity index (χ1v) is 6.54. The summed E-state index contributed by atoms with van der Waals surface area (Å²) in [6.45, 7) is 2.12. The molecule has 0 aromatic heterocycles. The van der Waals surface area contributed by atoms with Crippen LogP contribution in [0, 0.1) is 0 Å². The third-order valence-corrected chi connectivity index (χ3v) is 4.15. The van der Waals surface area contributed by atoms with E-state index in [0.717, 1.165) is 13.1 Å². The molecule has 0 N–H and O–H groups in total. The maximum atomic E-state index is 11.2. The molecule has 1 atom stereocenters. The van der Waals surface area contributed by atoms with E-state index in [4.69, 9.17) is 0 Å². The van der Waals surface area contributed by atoms with Crippen LogP contribution < -0.4 is 0 Å². The van der Waals surface area contributed by atoms with Crippen LogP contribution >= 0.6 is 0 Å². The second-order valence-electron chi connectivity index (χ2n) is 3.82. The molecular formula is C9H15NO2S. The highest BCUT2D eigenvalue weighted by Crippen LogP contribution is 2.18. The quantitative estimate of drug-likeness (QED) is 0.629. The molecule has 0 aliphatic carbocycles. The predicted octanol–water partition coefficient (Wildman–Crippen LogP) is 0.783. The fourth-order valence-electron chi connectivity index (χ4n) is 2.04. The van der Waals surface area contributed by atoms with Gasteiger partial charge in [-0.05, 0) is 25.9 Å². The summed E-state index contributed by atoms with van der Waals surface area (Å²) >= 11 is 0. The van der Waals surface area contributed by atoms with E-state index in [9.17, 15) is 8.42 Å². The van der Waals surface area contributed by atoms with Gasteiger partial charge in [0, 0.05) is 11.4 Å². The Morgan fingerprint density at radius 3 is 2.38 bits per heavy atom. The van der Waals surface area contributed by atoms with E-state index >= 15 is 0 Å². The summed E-state index contributed by atoms with van der Waals surface area (Å²) in [5.74, 6) is 0.299. The van der Waals surface area contributed by atoms with E-state index in [1.54, 1.807) is 0 Å². The topological polar surface area (TPSA) is 37.4 Å². The van der Waals surface area contributed by atoms with E-state index in [2.05, 4.69) is 4.90 Å². The minimum absolute atomic E-state index is 0.158. The Hall–Kier alpha value is -0.350. The smallest absolute Gasteiger partial charge is 0.173 e. The van der Waals surface area contributed by atoms with Crippen molar-refractivity contribution in [1.82, 2.24) is 4.90 Å². The van der Waals surface area contributed by atoms with Gasteiger partial charge in [0.2, 0.25) is 0 Å². The standard InChI is InChI=1S/C9H15NO2S/c11-13(12)7-4-9(8-13)10-5-2-1-3-6-10/h4,7,9H,1-3,5-6,8H2. The average Bonchev–Trinajstić information content (AvgIpc) is 2.48. The number of sulfone groups is 1. The Kier molecular flexibility index (Phi) is 2.43. The molecule has 13 heavy (non-hydrogen) atoms. The Morgan fingerprint density at radius 2 is 1.85 bits per heavy atom. The lowest BCUT2D eigenvalue weighted by atomic mass is 10.1. The van der Waals surface area contributed by atoms with Gasteiger partial charge in [-0.1, -0.05) is 12.5 Å². The largest absolute Gasteiger partial charge is 0.296 e. The number of piperidine rings is 1. The zero-order valence-electron chi connectivity index (χ0n) is 7.65. The maximum absolute atomic E-state index is 11.2. The van der Waals surface area contributed by atoms with Crippen LogP contribution in [0.15, 0.2) is 11.5 Å². The Balaban J connectivity index is 1.99. The van der Waals surface area contributed by atoms with E-state index in [1.165, 1.54) is 24.7 Å². The number of hydrogen-bond acceptors (Lipinski definition) is 3. The number of nitrogens with zero attached hydrogens (tertiary/aromatic N) is 1.